The second-order valence-corrected chi connectivity index (χ2v) is 6.44. The molecule has 2 rings (SSSR count). The molecule has 6 heteroatoms. The smallest absolute Gasteiger partial charge is 0.243 e. The number of carbonyl (C=O) groups is 1. The number of carbonyl (C=O) groups excluding carboxylic acids is 1. The highest BCUT2D eigenvalue weighted by Crippen LogP contribution is 2.37. The second-order valence-electron chi connectivity index (χ2n) is 6.44. The Balaban J connectivity index is 2.48. The van der Waals surface area contributed by atoms with Gasteiger partial charge in [-0.2, -0.15) is 5.26 Å². The van der Waals surface area contributed by atoms with E-state index >= 15 is 0 Å². The van der Waals surface area contributed by atoms with E-state index in [2.05, 4.69) is 11.1 Å². The molecule has 0 unspecified atom stereocenters. The summed E-state index contributed by atoms with van der Waals surface area (Å²) in [5.74, 6) is 0.612. The van der Waals surface area contributed by atoms with Crippen LogP contribution in [0.2, 0.25) is 0 Å². The first-order valence-electron chi connectivity index (χ1n) is 7.83. The number of pyridine rings is 1. The summed E-state index contributed by atoms with van der Waals surface area (Å²) in [5.41, 5.74) is 0.618. The maximum Gasteiger partial charge on any atom is 0.243 e. The Hall–Kier alpha value is -2.13. The molecule has 0 bridgehead atoms. The van der Waals surface area contributed by atoms with Crippen molar-refractivity contribution in [2.75, 3.05) is 27.2 Å². The molecule has 6 nitrogen and oxygen atoms in total. The average Bonchev–Trinajstić information content (AvgIpc) is 2.72. The fourth-order valence-electron chi connectivity index (χ4n) is 2.74. The standard InChI is InChI=1S/C17H24N4O2/c1-6-14-13-11-19-10-12(9-18)15(13)23-8-7-21(14)16(22)17(2,3)20(4)5/h10-11,14H,6-8H2,1-5H3/t14-/m0/s1. The van der Waals surface area contributed by atoms with Crippen LogP contribution in [0.1, 0.15) is 44.4 Å². The highest BCUT2D eigenvalue weighted by atomic mass is 16.5. The molecule has 2 heterocycles. The van der Waals surface area contributed by atoms with Gasteiger partial charge in [0.1, 0.15) is 24.0 Å². The Morgan fingerprint density at radius 3 is 2.78 bits per heavy atom. The van der Waals surface area contributed by atoms with Gasteiger partial charge in [0.25, 0.3) is 0 Å². The van der Waals surface area contributed by atoms with E-state index in [0.717, 1.165) is 12.0 Å². The lowest BCUT2D eigenvalue weighted by Crippen LogP contribution is -2.54. The van der Waals surface area contributed by atoms with Crippen molar-refractivity contribution in [3.8, 4) is 11.8 Å². The summed E-state index contributed by atoms with van der Waals surface area (Å²) < 4.78 is 5.79. The van der Waals surface area contributed by atoms with Gasteiger partial charge in [0.05, 0.1) is 18.1 Å². The molecule has 0 spiro atoms. The molecule has 1 atom stereocenters. The quantitative estimate of drug-likeness (QED) is 0.852. The summed E-state index contributed by atoms with van der Waals surface area (Å²) in [6.07, 6.45) is 3.95. The number of amides is 1. The third kappa shape index (κ3) is 3.02. The third-order valence-electron chi connectivity index (χ3n) is 4.65. The Labute approximate surface area is 137 Å². The van der Waals surface area contributed by atoms with Crippen LogP contribution in [0.5, 0.6) is 5.75 Å². The van der Waals surface area contributed by atoms with E-state index in [4.69, 9.17) is 4.74 Å². The van der Waals surface area contributed by atoms with Gasteiger partial charge in [0, 0.05) is 18.0 Å². The van der Waals surface area contributed by atoms with Gasteiger partial charge in [0.2, 0.25) is 5.91 Å². The van der Waals surface area contributed by atoms with Gasteiger partial charge in [-0.3, -0.25) is 14.7 Å². The molecular weight excluding hydrogens is 292 g/mol. The summed E-state index contributed by atoms with van der Waals surface area (Å²) in [7, 11) is 3.80. The van der Waals surface area contributed by atoms with Crippen LogP contribution in [0.3, 0.4) is 0 Å². The molecule has 0 radical (unpaired) electrons. The number of nitriles is 1. The first-order valence-corrected chi connectivity index (χ1v) is 7.83. The van der Waals surface area contributed by atoms with Gasteiger partial charge in [-0.25, -0.2) is 0 Å². The van der Waals surface area contributed by atoms with Gasteiger partial charge < -0.3 is 9.64 Å². The predicted molar refractivity (Wildman–Crippen MR) is 87.0 cm³/mol. The summed E-state index contributed by atoms with van der Waals surface area (Å²) in [5, 5.41) is 9.26. The lowest BCUT2D eigenvalue weighted by Gasteiger charge is -2.39. The minimum atomic E-state index is -0.613. The number of likely N-dealkylation sites (N-methyl/N-ethyl adjacent to an activating group) is 1. The van der Waals surface area contributed by atoms with Gasteiger partial charge in [0.15, 0.2) is 0 Å². The summed E-state index contributed by atoms with van der Waals surface area (Å²) in [6, 6.07) is 1.98. The van der Waals surface area contributed by atoms with Gasteiger partial charge in [-0.1, -0.05) is 6.92 Å². The van der Waals surface area contributed by atoms with Gasteiger partial charge in [-0.05, 0) is 34.4 Å². The predicted octanol–water partition coefficient (Wildman–Crippen LogP) is 1.97. The van der Waals surface area contributed by atoms with Crippen LogP contribution >= 0.6 is 0 Å². The van der Waals surface area contributed by atoms with Crippen LogP contribution in [0.15, 0.2) is 12.4 Å². The summed E-state index contributed by atoms with van der Waals surface area (Å²) in [4.78, 5) is 21.0. The maximum absolute atomic E-state index is 13.1. The van der Waals surface area contributed by atoms with Crippen LogP contribution in [0.4, 0.5) is 0 Å². The molecular formula is C17H24N4O2. The molecule has 1 aromatic heterocycles. The van der Waals surface area contributed by atoms with Crippen molar-refractivity contribution in [3.05, 3.63) is 23.5 Å². The first-order chi connectivity index (χ1) is 10.8. The highest BCUT2D eigenvalue weighted by molar-refractivity contribution is 5.86. The van der Waals surface area contributed by atoms with E-state index in [-0.39, 0.29) is 11.9 Å². The van der Waals surface area contributed by atoms with E-state index in [9.17, 15) is 10.1 Å². The van der Waals surface area contributed by atoms with Crippen molar-refractivity contribution < 1.29 is 9.53 Å². The normalized spacial score (nSPS) is 18.0. The molecule has 0 aromatic carbocycles. The van der Waals surface area contributed by atoms with E-state index in [1.54, 1.807) is 6.20 Å². The molecule has 1 aliphatic rings. The Morgan fingerprint density at radius 2 is 2.22 bits per heavy atom. The first kappa shape index (κ1) is 17.2. The molecule has 1 amide bonds. The largest absolute Gasteiger partial charge is 0.490 e. The maximum atomic E-state index is 13.1. The molecule has 23 heavy (non-hydrogen) atoms. The Bertz CT molecular complexity index is 634. The van der Waals surface area contributed by atoms with Gasteiger partial charge in [-0.15, -0.1) is 0 Å². The molecule has 0 saturated heterocycles. The second kappa shape index (κ2) is 6.55. The number of rotatable bonds is 3. The minimum Gasteiger partial charge on any atom is -0.490 e. The number of fused-ring (bicyclic) bond motifs is 1. The van der Waals surface area contributed by atoms with Crippen LogP contribution in [0.25, 0.3) is 0 Å². The topological polar surface area (TPSA) is 69.5 Å². The lowest BCUT2D eigenvalue weighted by atomic mass is 9.97. The molecule has 124 valence electrons. The summed E-state index contributed by atoms with van der Waals surface area (Å²) in [6.45, 7) is 6.73. The van der Waals surface area contributed by atoms with Gasteiger partial charge >= 0.3 is 0 Å². The molecule has 0 fully saturated rings. The molecule has 0 aliphatic carbocycles. The van der Waals surface area contributed by atoms with E-state index in [0.29, 0.717) is 24.5 Å². The monoisotopic (exact) mass is 316 g/mol. The minimum absolute atomic E-state index is 0.0492. The van der Waals surface area contributed by atoms with Crippen molar-refractivity contribution in [2.45, 2.75) is 38.8 Å². The van der Waals surface area contributed by atoms with Crippen molar-refractivity contribution >= 4 is 5.91 Å². The van der Waals surface area contributed by atoms with Crippen LogP contribution < -0.4 is 4.74 Å². The van der Waals surface area contributed by atoms with E-state index in [1.807, 2.05) is 44.7 Å². The van der Waals surface area contributed by atoms with E-state index in [1.165, 1.54) is 6.20 Å². The van der Waals surface area contributed by atoms with Crippen molar-refractivity contribution in [3.63, 3.8) is 0 Å². The number of hydrogen-bond donors (Lipinski definition) is 0. The molecule has 0 N–H and O–H groups in total. The average molecular weight is 316 g/mol. The third-order valence-corrected chi connectivity index (χ3v) is 4.65. The zero-order valence-electron chi connectivity index (χ0n) is 14.5. The SMILES string of the molecule is CC[C@H]1c2cncc(C#N)c2OCCN1C(=O)C(C)(C)N(C)C. The summed E-state index contributed by atoms with van der Waals surface area (Å²) >= 11 is 0. The Kier molecular flexibility index (Phi) is 4.90. The van der Waals surface area contributed by atoms with E-state index < -0.39 is 5.54 Å². The number of aromatic nitrogens is 1. The van der Waals surface area contributed by atoms with Crippen LogP contribution in [-0.2, 0) is 4.79 Å². The zero-order valence-corrected chi connectivity index (χ0v) is 14.5. The lowest BCUT2D eigenvalue weighted by molar-refractivity contribution is -0.144. The number of hydrogen-bond acceptors (Lipinski definition) is 5. The molecule has 1 aromatic rings. The number of ether oxygens (including phenoxy) is 1. The molecule has 1 aliphatic heterocycles. The molecule has 0 saturated carbocycles. The van der Waals surface area contributed by atoms with Crippen LogP contribution in [-0.4, -0.2) is 53.5 Å². The fraction of sp³-hybridized carbons (Fsp3) is 0.588. The van der Waals surface area contributed by atoms with Crippen molar-refractivity contribution in [1.29, 1.82) is 5.26 Å². The highest BCUT2D eigenvalue weighted by Gasteiger charge is 2.39. The van der Waals surface area contributed by atoms with Crippen molar-refractivity contribution in [2.24, 2.45) is 0 Å². The fourth-order valence-corrected chi connectivity index (χ4v) is 2.74. The van der Waals surface area contributed by atoms with Crippen molar-refractivity contribution in [1.82, 2.24) is 14.8 Å². The van der Waals surface area contributed by atoms with Crippen LogP contribution in [0, 0.1) is 11.3 Å². The number of nitrogens with zero attached hydrogens (tertiary/aromatic N) is 4. The Morgan fingerprint density at radius 1 is 1.52 bits per heavy atom. The zero-order chi connectivity index (χ0) is 17.2.